The Morgan fingerprint density at radius 2 is 2.22 bits per heavy atom. The summed E-state index contributed by atoms with van der Waals surface area (Å²) in [6.45, 7) is 5.45. The summed E-state index contributed by atoms with van der Waals surface area (Å²) in [4.78, 5) is 7.24. The number of hydrogen-bond acceptors (Lipinski definition) is 5. The summed E-state index contributed by atoms with van der Waals surface area (Å²) in [6.07, 6.45) is 6.50. The van der Waals surface area contributed by atoms with Crippen molar-refractivity contribution in [2.75, 3.05) is 24.5 Å². The van der Waals surface area contributed by atoms with Gasteiger partial charge < -0.3 is 10.2 Å². The third-order valence-corrected chi connectivity index (χ3v) is 4.64. The lowest BCUT2D eigenvalue weighted by molar-refractivity contribution is 0.438. The first kappa shape index (κ1) is 12.4. The van der Waals surface area contributed by atoms with Crippen molar-refractivity contribution in [2.24, 2.45) is 0 Å². The van der Waals surface area contributed by atoms with Gasteiger partial charge in [0.25, 0.3) is 0 Å². The quantitative estimate of drug-likeness (QED) is 0.888. The van der Waals surface area contributed by atoms with E-state index in [0.29, 0.717) is 12.0 Å². The molecule has 2 fully saturated rings. The first-order chi connectivity index (χ1) is 8.88. The standard InChI is InChI=1S/C13H22N4S/c1-2-14-9-11-5-3-4-8-17(11)13-15-12(16-18-13)10-6-7-10/h10-11,14H,2-9H2,1H3. The number of rotatable bonds is 5. The Bertz CT molecular complexity index is 388. The van der Waals surface area contributed by atoms with Crippen LogP contribution < -0.4 is 10.2 Å². The van der Waals surface area contributed by atoms with Crippen molar-refractivity contribution in [3.8, 4) is 0 Å². The molecule has 1 aromatic heterocycles. The molecule has 4 nitrogen and oxygen atoms in total. The van der Waals surface area contributed by atoms with E-state index in [1.807, 2.05) is 0 Å². The van der Waals surface area contributed by atoms with E-state index in [1.54, 1.807) is 11.5 Å². The molecule has 3 rings (SSSR count). The largest absolute Gasteiger partial charge is 0.343 e. The molecular formula is C13H22N4S. The number of hydrogen-bond donors (Lipinski definition) is 1. The predicted molar refractivity (Wildman–Crippen MR) is 75.4 cm³/mol. The van der Waals surface area contributed by atoms with Crippen LogP contribution in [0.3, 0.4) is 0 Å². The van der Waals surface area contributed by atoms with Gasteiger partial charge in [0.2, 0.25) is 5.13 Å². The van der Waals surface area contributed by atoms with Gasteiger partial charge in [0.15, 0.2) is 0 Å². The van der Waals surface area contributed by atoms with Crippen molar-refractivity contribution in [1.29, 1.82) is 0 Å². The monoisotopic (exact) mass is 266 g/mol. The summed E-state index contributed by atoms with van der Waals surface area (Å²) in [5.74, 6) is 1.77. The highest BCUT2D eigenvalue weighted by Crippen LogP contribution is 2.40. The molecule has 2 heterocycles. The summed E-state index contributed by atoms with van der Waals surface area (Å²) in [7, 11) is 0. The zero-order valence-corrected chi connectivity index (χ0v) is 11.9. The van der Waals surface area contributed by atoms with Crippen molar-refractivity contribution in [2.45, 2.75) is 51.0 Å². The van der Waals surface area contributed by atoms with E-state index >= 15 is 0 Å². The Kier molecular flexibility index (Phi) is 3.80. The minimum Gasteiger partial charge on any atom is -0.343 e. The Balaban J connectivity index is 1.69. The lowest BCUT2D eigenvalue weighted by atomic mass is 10.0. The van der Waals surface area contributed by atoms with E-state index in [-0.39, 0.29) is 0 Å². The van der Waals surface area contributed by atoms with Crippen LogP contribution in [0.5, 0.6) is 0 Å². The molecule has 0 spiro atoms. The molecule has 1 saturated carbocycles. The van der Waals surface area contributed by atoms with Crippen LogP contribution in [0.4, 0.5) is 5.13 Å². The van der Waals surface area contributed by atoms with Crippen molar-refractivity contribution in [1.82, 2.24) is 14.7 Å². The SMILES string of the molecule is CCNCC1CCCCN1c1nc(C2CC2)ns1. The maximum atomic E-state index is 4.76. The minimum atomic E-state index is 0.610. The van der Waals surface area contributed by atoms with Crippen LogP contribution in [-0.2, 0) is 0 Å². The van der Waals surface area contributed by atoms with Gasteiger partial charge in [-0.05, 0) is 38.6 Å². The topological polar surface area (TPSA) is 41.0 Å². The second-order valence-corrected chi connectivity index (χ2v) is 6.09. The van der Waals surface area contributed by atoms with Crippen LogP contribution in [0.1, 0.15) is 50.8 Å². The number of likely N-dealkylation sites (N-methyl/N-ethyl adjacent to an activating group) is 1. The molecule has 0 bridgehead atoms. The molecule has 1 unspecified atom stereocenters. The summed E-state index contributed by atoms with van der Waals surface area (Å²) in [5, 5.41) is 4.63. The highest BCUT2D eigenvalue weighted by Gasteiger charge is 2.30. The van der Waals surface area contributed by atoms with E-state index in [2.05, 4.69) is 21.5 Å². The van der Waals surface area contributed by atoms with Gasteiger partial charge in [0.05, 0.1) is 0 Å². The van der Waals surface area contributed by atoms with E-state index in [9.17, 15) is 0 Å². The van der Waals surface area contributed by atoms with Gasteiger partial charge >= 0.3 is 0 Å². The molecule has 1 atom stereocenters. The Labute approximate surface area is 113 Å². The third-order valence-electron chi connectivity index (χ3n) is 3.88. The van der Waals surface area contributed by atoms with Crippen LogP contribution in [0.25, 0.3) is 0 Å². The molecule has 0 aromatic carbocycles. The summed E-state index contributed by atoms with van der Waals surface area (Å²) >= 11 is 1.60. The molecule has 18 heavy (non-hydrogen) atoms. The zero-order valence-electron chi connectivity index (χ0n) is 11.1. The first-order valence-corrected chi connectivity index (χ1v) is 7.96. The van der Waals surface area contributed by atoms with Crippen LogP contribution in [-0.4, -0.2) is 35.0 Å². The van der Waals surface area contributed by atoms with E-state index in [0.717, 1.165) is 30.6 Å². The number of piperidine rings is 1. The lowest BCUT2D eigenvalue weighted by Gasteiger charge is -2.35. The molecule has 1 aliphatic carbocycles. The molecule has 5 heteroatoms. The van der Waals surface area contributed by atoms with Gasteiger partial charge in [0.1, 0.15) is 5.82 Å². The molecule has 100 valence electrons. The fourth-order valence-electron chi connectivity index (χ4n) is 2.63. The third kappa shape index (κ3) is 2.67. The fourth-order valence-corrected chi connectivity index (χ4v) is 3.47. The van der Waals surface area contributed by atoms with Gasteiger partial charge in [-0.25, -0.2) is 4.98 Å². The Morgan fingerprint density at radius 1 is 1.33 bits per heavy atom. The molecule has 1 saturated heterocycles. The molecule has 0 amide bonds. The number of anilines is 1. The van der Waals surface area contributed by atoms with Crippen LogP contribution in [0.2, 0.25) is 0 Å². The number of nitrogens with one attached hydrogen (secondary N) is 1. The van der Waals surface area contributed by atoms with E-state index in [4.69, 9.17) is 4.98 Å². The van der Waals surface area contributed by atoms with Crippen LogP contribution in [0, 0.1) is 0 Å². The highest BCUT2D eigenvalue weighted by molar-refractivity contribution is 7.09. The second-order valence-electron chi connectivity index (χ2n) is 5.36. The van der Waals surface area contributed by atoms with Crippen LogP contribution >= 0.6 is 11.5 Å². The fraction of sp³-hybridized carbons (Fsp3) is 0.846. The van der Waals surface area contributed by atoms with E-state index in [1.165, 1.54) is 32.1 Å². The van der Waals surface area contributed by atoms with Crippen molar-refractivity contribution >= 4 is 16.7 Å². The minimum absolute atomic E-state index is 0.610. The highest BCUT2D eigenvalue weighted by atomic mass is 32.1. The lowest BCUT2D eigenvalue weighted by Crippen LogP contribution is -2.45. The first-order valence-electron chi connectivity index (χ1n) is 7.19. The van der Waals surface area contributed by atoms with Gasteiger partial charge in [0, 0.05) is 36.6 Å². The van der Waals surface area contributed by atoms with Crippen molar-refractivity contribution < 1.29 is 0 Å². The average Bonchev–Trinajstić information content (AvgIpc) is 3.15. The van der Waals surface area contributed by atoms with Gasteiger partial charge in [-0.1, -0.05) is 6.92 Å². The molecule has 0 radical (unpaired) electrons. The molecule has 1 aromatic rings. The molecule has 2 aliphatic rings. The van der Waals surface area contributed by atoms with Crippen LogP contribution in [0.15, 0.2) is 0 Å². The van der Waals surface area contributed by atoms with Crippen molar-refractivity contribution in [3.63, 3.8) is 0 Å². The van der Waals surface area contributed by atoms with Crippen molar-refractivity contribution in [3.05, 3.63) is 5.82 Å². The predicted octanol–water partition coefficient (Wildman–Crippen LogP) is 2.38. The number of aromatic nitrogens is 2. The summed E-state index contributed by atoms with van der Waals surface area (Å²) < 4.78 is 4.54. The Hall–Kier alpha value is -0.680. The molecule has 1 N–H and O–H groups in total. The van der Waals surface area contributed by atoms with Gasteiger partial charge in [-0.15, -0.1) is 0 Å². The smallest absolute Gasteiger partial charge is 0.205 e. The summed E-state index contributed by atoms with van der Waals surface area (Å²) in [5.41, 5.74) is 0. The average molecular weight is 266 g/mol. The maximum absolute atomic E-state index is 4.76. The summed E-state index contributed by atoms with van der Waals surface area (Å²) in [6, 6.07) is 0.610. The number of nitrogens with zero attached hydrogens (tertiary/aromatic N) is 3. The zero-order chi connectivity index (χ0) is 12.4. The van der Waals surface area contributed by atoms with E-state index < -0.39 is 0 Å². The van der Waals surface area contributed by atoms with Gasteiger partial charge in [-0.3, -0.25) is 0 Å². The molecule has 1 aliphatic heterocycles. The molecular weight excluding hydrogens is 244 g/mol. The maximum Gasteiger partial charge on any atom is 0.205 e. The normalized spacial score (nSPS) is 24.5. The van der Waals surface area contributed by atoms with Gasteiger partial charge in [-0.2, -0.15) is 4.37 Å². The second kappa shape index (κ2) is 5.53. The Morgan fingerprint density at radius 3 is 3.00 bits per heavy atom.